The summed E-state index contributed by atoms with van der Waals surface area (Å²) in [6.45, 7) is 0. The van der Waals surface area contributed by atoms with Crippen LogP contribution in [0.1, 0.15) is 53.9 Å². The fourth-order valence-electron chi connectivity index (χ4n) is 2.61. The fourth-order valence-corrected chi connectivity index (χ4v) is 2.61. The zero-order valence-corrected chi connectivity index (χ0v) is 10.9. The van der Waals surface area contributed by atoms with Crippen LogP contribution in [0.3, 0.4) is 0 Å². The zero-order chi connectivity index (χ0) is 13.8. The van der Waals surface area contributed by atoms with Gasteiger partial charge in [-0.25, -0.2) is 9.18 Å². The average molecular weight is 264 g/mol. The van der Waals surface area contributed by atoms with Crippen LogP contribution in [0.4, 0.5) is 4.39 Å². The molecule has 1 saturated carbocycles. The molecule has 0 radical (unpaired) electrons. The molecule has 1 aromatic rings. The van der Waals surface area contributed by atoms with E-state index in [4.69, 9.17) is 0 Å². The van der Waals surface area contributed by atoms with Crippen molar-refractivity contribution in [2.24, 2.45) is 0 Å². The van der Waals surface area contributed by atoms with Gasteiger partial charge in [-0.2, -0.15) is 0 Å². The maximum atomic E-state index is 13.7. The van der Waals surface area contributed by atoms with E-state index in [0.717, 1.165) is 38.4 Å². The van der Waals surface area contributed by atoms with Gasteiger partial charge in [0.2, 0.25) is 0 Å². The normalized spacial score (nSPS) is 16.1. The summed E-state index contributed by atoms with van der Waals surface area (Å²) in [7, 11) is 1.11. The first kappa shape index (κ1) is 13.7. The van der Waals surface area contributed by atoms with Gasteiger partial charge in [0.05, 0.1) is 12.7 Å². The molecule has 0 bridgehead atoms. The molecule has 1 aliphatic carbocycles. The lowest BCUT2D eigenvalue weighted by Gasteiger charge is -2.22. The number of esters is 1. The van der Waals surface area contributed by atoms with E-state index in [1.54, 1.807) is 6.07 Å². The third-order valence-corrected chi connectivity index (χ3v) is 3.68. The number of hydrogen-bond donors (Lipinski definition) is 0. The molecule has 1 aliphatic rings. The van der Waals surface area contributed by atoms with Gasteiger partial charge in [0, 0.05) is 0 Å². The van der Waals surface area contributed by atoms with E-state index < -0.39 is 17.6 Å². The number of methoxy groups -OCH3 is 1. The first-order chi connectivity index (χ1) is 9.13. The van der Waals surface area contributed by atoms with Gasteiger partial charge in [0.25, 0.3) is 5.78 Å². The lowest BCUT2D eigenvalue weighted by Crippen LogP contribution is -2.18. The van der Waals surface area contributed by atoms with Crippen molar-refractivity contribution in [1.29, 1.82) is 0 Å². The van der Waals surface area contributed by atoms with Crippen molar-refractivity contribution >= 4 is 11.8 Å². The summed E-state index contributed by atoms with van der Waals surface area (Å²) < 4.78 is 18.0. The molecule has 3 nitrogen and oxygen atoms in total. The highest BCUT2D eigenvalue weighted by atomic mass is 19.1. The molecule has 19 heavy (non-hydrogen) atoms. The smallest absolute Gasteiger partial charge is 0.379 e. The third kappa shape index (κ3) is 3.00. The Hall–Kier alpha value is -1.71. The average Bonchev–Trinajstić information content (AvgIpc) is 2.47. The molecule has 4 heteroatoms. The van der Waals surface area contributed by atoms with E-state index in [9.17, 15) is 14.0 Å². The van der Waals surface area contributed by atoms with Gasteiger partial charge in [-0.1, -0.05) is 25.3 Å². The van der Waals surface area contributed by atoms with Gasteiger partial charge >= 0.3 is 5.97 Å². The minimum Gasteiger partial charge on any atom is -0.463 e. The van der Waals surface area contributed by atoms with E-state index in [1.807, 2.05) is 0 Å². The Morgan fingerprint density at radius 3 is 2.53 bits per heavy atom. The predicted molar refractivity (Wildman–Crippen MR) is 68.6 cm³/mol. The second-order valence-corrected chi connectivity index (χ2v) is 4.89. The van der Waals surface area contributed by atoms with Crippen LogP contribution in [0, 0.1) is 5.82 Å². The van der Waals surface area contributed by atoms with Crippen LogP contribution in [-0.4, -0.2) is 18.9 Å². The van der Waals surface area contributed by atoms with Gasteiger partial charge in [-0.15, -0.1) is 0 Å². The van der Waals surface area contributed by atoms with Crippen LogP contribution in [0.15, 0.2) is 18.2 Å². The van der Waals surface area contributed by atoms with Crippen LogP contribution in [0.5, 0.6) is 0 Å². The lowest BCUT2D eigenvalue weighted by atomic mass is 9.83. The molecular formula is C15H17FO3. The molecule has 0 atom stereocenters. The van der Waals surface area contributed by atoms with Gasteiger partial charge in [-0.3, -0.25) is 4.79 Å². The standard InChI is InChI=1S/C15H17FO3/c1-19-15(18)14(17)12-9-11(7-8-13(12)16)10-5-3-2-4-6-10/h7-10H,2-6H2,1H3. The number of carbonyl (C=O) groups is 2. The van der Waals surface area contributed by atoms with Crippen LogP contribution < -0.4 is 0 Å². The van der Waals surface area contributed by atoms with Crippen molar-refractivity contribution in [1.82, 2.24) is 0 Å². The molecule has 0 aromatic heterocycles. The second kappa shape index (κ2) is 5.95. The molecule has 0 N–H and O–H groups in total. The Morgan fingerprint density at radius 1 is 1.21 bits per heavy atom. The van der Waals surface area contributed by atoms with E-state index in [1.165, 1.54) is 18.6 Å². The van der Waals surface area contributed by atoms with Gasteiger partial charge in [-0.05, 0) is 36.5 Å². The lowest BCUT2D eigenvalue weighted by molar-refractivity contribution is -0.135. The number of rotatable bonds is 3. The maximum Gasteiger partial charge on any atom is 0.379 e. The second-order valence-electron chi connectivity index (χ2n) is 4.89. The SMILES string of the molecule is COC(=O)C(=O)c1cc(C2CCCCC2)ccc1F. The van der Waals surface area contributed by atoms with Gasteiger partial charge < -0.3 is 4.74 Å². The Kier molecular flexibility index (Phi) is 4.30. The summed E-state index contributed by atoms with van der Waals surface area (Å²) in [5, 5.41) is 0. The topological polar surface area (TPSA) is 43.4 Å². The number of ether oxygens (including phenoxy) is 1. The zero-order valence-electron chi connectivity index (χ0n) is 10.9. The van der Waals surface area contributed by atoms with Crippen molar-refractivity contribution in [2.75, 3.05) is 7.11 Å². The Balaban J connectivity index is 2.28. The van der Waals surface area contributed by atoms with Crippen LogP contribution in [0.25, 0.3) is 0 Å². The predicted octanol–water partition coefficient (Wildman–Crippen LogP) is 3.23. The van der Waals surface area contributed by atoms with E-state index in [0.29, 0.717) is 5.92 Å². The minimum atomic E-state index is -1.03. The molecule has 0 amide bonds. The first-order valence-electron chi connectivity index (χ1n) is 6.55. The number of benzene rings is 1. The van der Waals surface area contributed by atoms with Crippen molar-refractivity contribution < 1.29 is 18.7 Å². The van der Waals surface area contributed by atoms with Crippen molar-refractivity contribution in [3.63, 3.8) is 0 Å². The Bertz CT molecular complexity index is 490. The molecule has 0 unspecified atom stereocenters. The van der Waals surface area contributed by atoms with Gasteiger partial charge in [0.1, 0.15) is 5.82 Å². The highest BCUT2D eigenvalue weighted by Crippen LogP contribution is 2.33. The summed E-state index contributed by atoms with van der Waals surface area (Å²) in [6, 6.07) is 4.48. The molecule has 1 aromatic carbocycles. The van der Waals surface area contributed by atoms with Crippen LogP contribution in [-0.2, 0) is 9.53 Å². The van der Waals surface area contributed by atoms with Gasteiger partial charge in [0.15, 0.2) is 0 Å². The molecule has 0 aliphatic heterocycles. The highest BCUT2D eigenvalue weighted by molar-refractivity contribution is 6.40. The summed E-state index contributed by atoms with van der Waals surface area (Å²) >= 11 is 0. The summed E-state index contributed by atoms with van der Waals surface area (Å²) in [5.74, 6) is -2.26. The van der Waals surface area contributed by atoms with Crippen LogP contribution in [0.2, 0.25) is 0 Å². The minimum absolute atomic E-state index is 0.185. The first-order valence-corrected chi connectivity index (χ1v) is 6.55. The van der Waals surface area contributed by atoms with Crippen molar-refractivity contribution in [3.8, 4) is 0 Å². The Labute approximate surface area is 111 Å². The number of halogens is 1. The summed E-state index contributed by atoms with van der Waals surface area (Å²) in [5.41, 5.74) is 0.753. The number of carbonyl (C=O) groups excluding carboxylic acids is 2. The molecule has 0 saturated heterocycles. The number of hydrogen-bond acceptors (Lipinski definition) is 3. The van der Waals surface area contributed by atoms with Crippen LogP contribution >= 0.6 is 0 Å². The maximum absolute atomic E-state index is 13.7. The van der Waals surface area contributed by atoms with E-state index in [2.05, 4.69) is 4.74 Å². The highest BCUT2D eigenvalue weighted by Gasteiger charge is 2.23. The quantitative estimate of drug-likeness (QED) is 0.478. The van der Waals surface area contributed by atoms with E-state index in [-0.39, 0.29) is 5.56 Å². The summed E-state index contributed by atoms with van der Waals surface area (Å²) in [4.78, 5) is 22.9. The molecule has 102 valence electrons. The monoisotopic (exact) mass is 264 g/mol. The van der Waals surface area contributed by atoms with E-state index >= 15 is 0 Å². The molecule has 0 heterocycles. The largest absolute Gasteiger partial charge is 0.463 e. The Morgan fingerprint density at radius 2 is 1.89 bits per heavy atom. The third-order valence-electron chi connectivity index (χ3n) is 3.68. The molecule has 2 rings (SSSR count). The summed E-state index contributed by atoms with van der Waals surface area (Å²) in [6.07, 6.45) is 5.64. The number of ketones is 1. The van der Waals surface area contributed by atoms with Crippen molar-refractivity contribution in [2.45, 2.75) is 38.0 Å². The molecule has 0 spiro atoms. The fraction of sp³-hybridized carbons (Fsp3) is 0.467. The molecular weight excluding hydrogens is 247 g/mol. The molecule has 1 fully saturated rings. The number of Topliss-reactive ketones (excluding diaryl/α,β-unsaturated/α-hetero) is 1. The van der Waals surface area contributed by atoms with Crippen molar-refractivity contribution in [3.05, 3.63) is 35.1 Å².